The Morgan fingerprint density at radius 3 is 2.91 bits per heavy atom. The number of aromatic nitrogens is 5. The van der Waals surface area contributed by atoms with Gasteiger partial charge in [-0.05, 0) is 26.2 Å². The molecule has 2 atom stereocenters. The van der Waals surface area contributed by atoms with E-state index in [9.17, 15) is 4.79 Å². The fourth-order valence-electron chi connectivity index (χ4n) is 3.58. The number of aromatic amines is 2. The Balaban J connectivity index is 1.65. The van der Waals surface area contributed by atoms with Crippen molar-refractivity contribution >= 4 is 5.91 Å². The van der Waals surface area contributed by atoms with Crippen LogP contribution in [0.4, 0.5) is 0 Å². The molecule has 0 radical (unpaired) electrons. The lowest BCUT2D eigenvalue weighted by atomic mass is 10.1. The first-order chi connectivity index (χ1) is 11.2. The highest BCUT2D eigenvalue weighted by atomic mass is 16.5. The number of rotatable bonds is 3. The summed E-state index contributed by atoms with van der Waals surface area (Å²) < 4.78 is 5.47. The summed E-state index contributed by atoms with van der Waals surface area (Å²) in [5.74, 6) is 1.33. The number of fused-ring (bicyclic) bond motifs is 1. The number of hydrogen-bond acceptors (Lipinski definition) is 5. The van der Waals surface area contributed by atoms with Crippen LogP contribution in [0.5, 0.6) is 0 Å². The normalized spacial score (nSPS) is 23.5. The molecule has 1 amide bonds. The average Bonchev–Trinajstić information content (AvgIpc) is 3.29. The van der Waals surface area contributed by atoms with Crippen LogP contribution < -0.4 is 0 Å². The number of ether oxygens (including phenoxy) is 1. The van der Waals surface area contributed by atoms with Gasteiger partial charge in [-0.1, -0.05) is 0 Å². The van der Waals surface area contributed by atoms with Crippen molar-refractivity contribution in [2.75, 3.05) is 13.7 Å². The van der Waals surface area contributed by atoms with E-state index < -0.39 is 0 Å². The van der Waals surface area contributed by atoms with Gasteiger partial charge in [0.15, 0.2) is 11.5 Å². The van der Waals surface area contributed by atoms with Crippen molar-refractivity contribution in [3.05, 3.63) is 28.6 Å². The van der Waals surface area contributed by atoms with E-state index in [1.165, 1.54) is 0 Å². The van der Waals surface area contributed by atoms with Crippen LogP contribution in [-0.4, -0.2) is 55.9 Å². The highest BCUT2D eigenvalue weighted by Crippen LogP contribution is 2.34. The largest absolute Gasteiger partial charge is 0.380 e. The Bertz CT molecular complexity index is 736. The Hall–Kier alpha value is -2.22. The van der Waals surface area contributed by atoms with Gasteiger partial charge in [0.25, 0.3) is 5.91 Å². The number of nitrogens with zero attached hydrogens (tertiary/aromatic N) is 4. The van der Waals surface area contributed by atoms with Gasteiger partial charge in [-0.3, -0.25) is 15.0 Å². The highest BCUT2D eigenvalue weighted by molar-refractivity contribution is 5.94. The third kappa shape index (κ3) is 2.33. The first-order valence-electron chi connectivity index (χ1n) is 7.96. The quantitative estimate of drug-likeness (QED) is 0.877. The first kappa shape index (κ1) is 14.4. The number of methoxy groups -OCH3 is 1. The summed E-state index contributed by atoms with van der Waals surface area (Å²) in [4.78, 5) is 19.2. The minimum Gasteiger partial charge on any atom is -0.380 e. The minimum atomic E-state index is -0.175. The maximum atomic E-state index is 13.0. The number of aryl methyl sites for hydroxylation is 2. The number of H-pyrrole nitrogens is 2. The molecule has 1 aliphatic heterocycles. The van der Waals surface area contributed by atoms with Crippen LogP contribution in [0.2, 0.25) is 0 Å². The Kier molecular flexibility index (Phi) is 3.41. The van der Waals surface area contributed by atoms with Crippen molar-refractivity contribution in [1.82, 2.24) is 30.3 Å². The number of amides is 1. The summed E-state index contributed by atoms with van der Waals surface area (Å²) in [6.07, 6.45) is 3.66. The van der Waals surface area contributed by atoms with Gasteiger partial charge in [0.05, 0.1) is 12.1 Å². The molecule has 0 spiro atoms. The molecule has 1 fully saturated rings. The molecule has 8 heteroatoms. The number of carbonyl (C=O) groups is 1. The van der Waals surface area contributed by atoms with Gasteiger partial charge < -0.3 is 9.64 Å². The van der Waals surface area contributed by atoms with Crippen LogP contribution >= 0.6 is 0 Å². The second kappa shape index (κ2) is 5.45. The van der Waals surface area contributed by atoms with Crippen molar-refractivity contribution < 1.29 is 9.53 Å². The number of nitrogens with one attached hydrogen (secondary N) is 2. The van der Waals surface area contributed by atoms with Crippen LogP contribution in [0.15, 0.2) is 0 Å². The molecule has 0 aromatic carbocycles. The zero-order chi connectivity index (χ0) is 16.0. The molecule has 1 aliphatic carbocycles. The van der Waals surface area contributed by atoms with Gasteiger partial charge >= 0.3 is 0 Å². The molecule has 2 aliphatic rings. The minimum absolute atomic E-state index is 0.00486. The maximum Gasteiger partial charge on any atom is 0.275 e. The summed E-state index contributed by atoms with van der Waals surface area (Å²) in [6, 6.07) is -0.175. The molecule has 1 saturated heterocycles. The Labute approximate surface area is 133 Å². The molecule has 122 valence electrons. The summed E-state index contributed by atoms with van der Waals surface area (Å²) >= 11 is 0. The van der Waals surface area contributed by atoms with E-state index in [0.717, 1.165) is 36.3 Å². The van der Waals surface area contributed by atoms with Gasteiger partial charge in [0.1, 0.15) is 5.82 Å². The van der Waals surface area contributed by atoms with Gasteiger partial charge in [0, 0.05) is 31.3 Å². The standard InChI is InChI=1S/C15H20N6O2/c1-8-16-14(20-17-8)12-6-9(23-2)7-21(12)15(22)13-10-4-3-5-11(10)18-19-13/h9,12H,3-7H2,1-2H3,(H,18,19)(H,16,17,20)/t9-,12+/m1/s1. The lowest BCUT2D eigenvalue weighted by Gasteiger charge is -2.21. The van der Waals surface area contributed by atoms with Crippen molar-refractivity contribution in [3.63, 3.8) is 0 Å². The van der Waals surface area contributed by atoms with E-state index in [0.29, 0.717) is 24.5 Å². The molecule has 2 N–H and O–H groups in total. The second-order valence-corrected chi connectivity index (χ2v) is 6.23. The predicted molar refractivity (Wildman–Crippen MR) is 80.9 cm³/mol. The monoisotopic (exact) mass is 316 g/mol. The zero-order valence-corrected chi connectivity index (χ0v) is 13.3. The van der Waals surface area contributed by atoms with Crippen molar-refractivity contribution in [1.29, 1.82) is 0 Å². The third-order valence-electron chi connectivity index (χ3n) is 4.78. The number of hydrogen-bond donors (Lipinski definition) is 2. The van der Waals surface area contributed by atoms with Crippen LogP contribution in [0, 0.1) is 6.92 Å². The molecule has 2 aromatic rings. The van der Waals surface area contributed by atoms with E-state index in [-0.39, 0.29) is 18.1 Å². The van der Waals surface area contributed by atoms with Crippen LogP contribution in [-0.2, 0) is 17.6 Å². The Morgan fingerprint density at radius 2 is 2.17 bits per heavy atom. The molecule has 4 rings (SSSR count). The summed E-state index contributed by atoms with van der Waals surface area (Å²) in [5, 5.41) is 14.4. The van der Waals surface area contributed by atoms with Crippen LogP contribution in [0.25, 0.3) is 0 Å². The molecule has 8 nitrogen and oxygen atoms in total. The number of likely N-dealkylation sites (tertiary alicyclic amines) is 1. The van der Waals surface area contributed by atoms with Crippen molar-refractivity contribution in [2.24, 2.45) is 0 Å². The molecular formula is C15H20N6O2. The molecule has 0 saturated carbocycles. The van der Waals surface area contributed by atoms with Gasteiger partial charge in [-0.15, -0.1) is 0 Å². The highest BCUT2D eigenvalue weighted by Gasteiger charge is 2.40. The van der Waals surface area contributed by atoms with Crippen LogP contribution in [0.3, 0.4) is 0 Å². The van der Waals surface area contributed by atoms with Crippen molar-refractivity contribution in [2.45, 2.75) is 44.8 Å². The Morgan fingerprint density at radius 1 is 1.30 bits per heavy atom. The average molecular weight is 316 g/mol. The fraction of sp³-hybridized carbons (Fsp3) is 0.600. The van der Waals surface area contributed by atoms with E-state index in [4.69, 9.17) is 4.74 Å². The molecule has 23 heavy (non-hydrogen) atoms. The van der Waals surface area contributed by atoms with Gasteiger partial charge in [-0.2, -0.15) is 10.2 Å². The predicted octanol–water partition coefficient (Wildman–Crippen LogP) is 0.927. The molecule has 3 heterocycles. The van der Waals surface area contributed by atoms with Gasteiger partial charge in [0.2, 0.25) is 0 Å². The van der Waals surface area contributed by atoms with Crippen LogP contribution in [0.1, 0.15) is 52.3 Å². The topological polar surface area (TPSA) is 99.8 Å². The van der Waals surface area contributed by atoms with E-state index >= 15 is 0 Å². The molecular weight excluding hydrogens is 296 g/mol. The summed E-state index contributed by atoms with van der Waals surface area (Å²) in [5.41, 5.74) is 2.72. The molecule has 0 bridgehead atoms. The molecule has 0 unspecified atom stereocenters. The zero-order valence-electron chi connectivity index (χ0n) is 13.3. The smallest absolute Gasteiger partial charge is 0.275 e. The molecule has 2 aromatic heterocycles. The lowest BCUT2D eigenvalue weighted by Crippen LogP contribution is -2.33. The first-order valence-corrected chi connectivity index (χ1v) is 7.96. The summed E-state index contributed by atoms with van der Waals surface area (Å²) in [7, 11) is 1.67. The lowest BCUT2D eigenvalue weighted by molar-refractivity contribution is 0.0677. The second-order valence-electron chi connectivity index (χ2n) is 6.23. The SMILES string of the molecule is CO[C@@H]1C[C@@H](c2n[nH]c(C)n2)N(C(=O)c2n[nH]c3c2CCC3)C1. The third-order valence-corrected chi connectivity index (χ3v) is 4.78. The van der Waals surface area contributed by atoms with Crippen molar-refractivity contribution in [3.8, 4) is 0 Å². The number of carbonyl (C=O) groups excluding carboxylic acids is 1. The summed E-state index contributed by atoms with van der Waals surface area (Å²) in [6.45, 7) is 2.39. The van der Waals surface area contributed by atoms with E-state index in [1.807, 2.05) is 6.92 Å². The van der Waals surface area contributed by atoms with E-state index in [2.05, 4.69) is 25.4 Å². The maximum absolute atomic E-state index is 13.0. The van der Waals surface area contributed by atoms with Gasteiger partial charge in [-0.25, -0.2) is 4.98 Å². The fourth-order valence-corrected chi connectivity index (χ4v) is 3.58. The van der Waals surface area contributed by atoms with E-state index in [1.54, 1.807) is 12.0 Å².